The predicted octanol–water partition coefficient (Wildman–Crippen LogP) is 3.80. The molecule has 0 aliphatic rings. The molecule has 3 rings (SSSR count). The van der Waals surface area contributed by atoms with Gasteiger partial charge in [-0.2, -0.15) is 4.98 Å². The number of hydrogen-bond donors (Lipinski definition) is 0. The number of para-hydroxylation sites is 1. The quantitative estimate of drug-likeness (QED) is 0.491. The van der Waals surface area contributed by atoms with E-state index in [2.05, 4.69) is 15.1 Å². The molecule has 0 amide bonds. The summed E-state index contributed by atoms with van der Waals surface area (Å²) in [6, 6.07) is 8.60. The van der Waals surface area contributed by atoms with Crippen LogP contribution in [0.15, 0.2) is 41.1 Å². The number of hydrogen-bond acceptors (Lipinski definition) is 7. The van der Waals surface area contributed by atoms with Crippen LogP contribution >= 0.6 is 23.2 Å². The molecule has 0 atom stereocenters. The number of benzene rings is 1. The molecule has 0 spiro atoms. The third kappa shape index (κ3) is 3.89. The summed E-state index contributed by atoms with van der Waals surface area (Å²) < 4.78 is 15.4. The van der Waals surface area contributed by atoms with Gasteiger partial charge in [0.1, 0.15) is 10.9 Å². The molecule has 25 heavy (non-hydrogen) atoms. The number of rotatable bonds is 5. The molecule has 0 saturated carbocycles. The number of halogens is 2. The second-order valence-electron chi connectivity index (χ2n) is 4.78. The van der Waals surface area contributed by atoms with Crippen LogP contribution in [0.3, 0.4) is 0 Å². The molecular formula is C16H11Cl2N3O4. The normalized spacial score (nSPS) is 10.5. The molecule has 128 valence electrons. The first-order valence-corrected chi connectivity index (χ1v) is 7.78. The molecule has 0 aliphatic heterocycles. The van der Waals surface area contributed by atoms with Crippen LogP contribution in [0.2, 0.25) is 10.2 Å². The lowest BCUT2D eigenvalue weighted by atomic mass is 10.2. The van der Waals surface area contributed by atoms with E-state index in [-0.39, 0.29) is 28.2 Å². The van der Waals surface area contributed by atoms with Crippen LogP contribution in [0, 0.1) is 0 Å². The van der Waals surface area contributed by atoms with Gasteiger partial charge in [0.2, 0.25) is 5.82 Å². The summed E-state index contributed by atoms with van der Waals surface area (Å²) in [4.78, 5) is 20.0. The highest BCUT2D eigenvalue weighted by atomic mass is 35.5. The van der Waals surface area contributed by atoms with Crippen LogP contribution in [0.25, 0.3) is 11.4 Å². The molecule has 7 nitrogen and oxygen atoms in total. The van der Waals surface area contributed by atoms with Crippen LogP contribution in [0.1, 0.15) is 16.2 Å². The number of aromatic nitrogens is 3. The van der Waals surface area contributed by atoms with Crippen LogP contribution in [0.4, 0.5) is 0 Å². The number of carbonyl (C=O) groups excluding carboxylic acids is 1. The van der Waals surface area contributed by atoms with E-state index < -0.39 is 5.97 Å². The van der Waals surface area contributed by atoms with E-state index in [1.165, 1.54) is 12.3 Å². The van der Waals surface area contributed by atoms with Crippen LogP contribution in [-0.2, 0) is 11.3 Å². The van der Waals surface area contributed by atoms with E-state index in [1.807, 2.05) is 12.1 Å². The first-order valence-electron chi connectivity index (χ1n) is 7.02. The fourth-order valence-electron chi connectivity index (χ4n) is 2.00. The number of carbonyl (C=O) groups is 1. The Balaban J connectivity index is 1.69. The van der Waals surface area contributed by atoms with E-state index in [4.69, 9.17) is 37.2 Å². The first-order chi connectivity index (χ1) is 12.1. The van der Waals surface area contributed by atoms with Gasteiger partial charge in [-0.25, -0.2) is 9.78 Å². The molecule has 9 heteroatoms. The summed E-state index contributed by atoms with van der Waals surface area (Å²) in [7, 11) is 1.55. The molecular weight excluding hydrogens is 369 g/mol. The minimum atomic E-state index is -0.636. The van der Waals surface area contributed by atoms with E-state index in [9.17, 15) is 4.79 Å². The average Bonchev–Trinajstić information content (AvgIpc) is 3.10. The standard InChI is InChI=1S/C16H11Cl2N3O4/c1-23-12-5-3-2-4-10(12)15-20-13(25-21-15)8-24-16(22)9-6-11(17)14(18)19-7-9/h2-7H,8H2,1H3. The van der Waals surface area contributed by atoms with Crippen LogP contribution in [-0.4, -0.2) is 28.2 Å². The molecule has 2 heterocycles. The maximum atomic E-state index is 12.0. The van der Waals surface area contributed by atoms with Gasteiger partial charge < -0.3 is 14.0 Å². The Morgan fingerprint density at radius 1 is 1.28 bits per heavy atom. The highest BCUT2D eigenvalue weighted by molar-refractivity contribution is 6.41. The minimum absolute atomic E-state index is 0.108. The second-order valence-corrected chi connectivity index (χ2v) is 5.55. The first kappa shape index (κ1) is 17.2. The van der Waals surface area contributed by atoms with Crippen LogP contribution in [0.5, 0.6) is 5.75 Å². The number of ether oxygens (including phenoxy) is 2. The Morgan fingerprint density at radius 2 is 2.08 bits per heavy atom. The van der Waals surface area contributed by atoms with Crippen molar-refractivity contribution in [2.24, 2.45) is 0 Å². The average molecular weight is 380 g/mol. The van der Waals surface area contributed by atoms with Gasteiger partial charge in [-0.1, -0.05) is 40.5 Å². The predicted molar refractivity (Wildman–Crippen MR) is 89.7 cm³/mol. The molecule has 1 aromatic carbocycles. The molecule has 0 fully saturated rings. The van der Waals surface area contributed by atoms with Crippen molar-refractivity contribution in [3.05, 3.63) is 58.2 Å². The van der Waals surface area contributed by atoms with Gasteiger partial charge in [-0.3, -0.25) is 0 Å². The Morgan fingerprint density at radius 3 is 2.84 bits per heavy atom. The maximum absolute atomic E-state index is 12.0. The zero-order chi connectivity index (χ0) is 17.8. The SMILES string of the molecule is COc1ccccc1-c1noc(COC(=O)c2cnc(Cl)c(Cl)c2)n1. The van der Waals surface area contributed by atoms with Gasteiger partial charge in [0.15, 0.2) is 6.61 Å². The minimum Gasteiger partial charge on any atom is -0.496 e. The third-order valence-electron chi connectivity index (χ3n) is 3.17. The number of methoxy groups -OCH3 is 1. The largest absolute Gasteiger partial charge is 0.496 e. The molecule has 0 unspecified atom stereocenters. The highest BCUT2D eigenvalue weighted by Crippen LogP contribution is 2.27. The summed E-state index contributed by atoms with van der Waals surface area (Å²) in [5.41, 5.74) is 0.832. The Labute approximate surface area is 152 Å². The van der Waals surface area contributed by atoms with E-state index in [1.54, 1.807) is 19.2 Å². The van der Waals surface area contributed by atoms with Gasteiger partial charge in [0.05, 0.1) is 23.3 Å². The molecule has 0 radical (unpaired) electrons. The summed E-state index contributed by atoms with van der Waals surface area (Å²) in [5, 5.41) is 4.13. The number of nitrogens with zero attached hydrogens (tertiary/aromatic N) is 3. The molecule has 0 N–H and O–H groups in total. The number of esters is 1. The monoisotopic (exact) mass is 379 g/mol. The van der Waals surface area contributed by atoms with Gasteiger partial charge >= 0.3 is 5.97 Å². The van der Waals surface area contributed by atoms with Gasteiger partial charge in [-0.15, -0.1) is 0 Å². The molecule has 0 saturated heterocycles. The zero-order valence-electron chi connectivity index (χ0n) is 12.9. The van der Waals surface area contributed by atoms with E-state index in [0.29, 0.717) is 17.1 Å². The fourth-order valence-corrected chi connectivity index (χ4v) is 2.27. The van der Waals surface area contributed by atoms with E-state index in [0.717, 1.165) is 0 Å². The smallest absolute Gasteiger partial charge is 0.340 e. The van der Waals surface area contributed by atoms with Crippen LogP contribution < -0.4 is 4.74 Å². The Kier molecular flexibility index (Phi) is 5.16. The van der Waals surface area contributed by atoms with Gasteiger partial charge in [0.25, 0.3) is 5.89 Å². The lowest BCUT2D eigenvalue weighted by Crippen LogP contribution is -2.06. The molecule has 0 aliphatic carbocycles. The van der Waals surface area contributed by atoms with Gasteiger partial charge in [-0.05, 0) is 18.2 Å². The summed E-state index contributed by atoms with van der Waals surface area (Å²) in [6.45, 7) is -0.193. The summed E-state index contributed by atoms with van der Waals surface area (Å²) >= 11 is 11.5. The van der Waals surface area contributed by atoms with Crippen molar-refractivity contribution in [1.29, 1.82) is 0 Å². The van der Waals surface area contributed by atoms with Gasteiger partial charge in [0, 0.05) is 6.20 Å². The van der Waals surface area contributed by atoms with Crippen molar-refractivity contribution < 1.29 is 18.8 Å². The van der Waals surface area contributed by atoms with Crippen molar-refractivity contribution in [3.63, 3.8) is 0 Å². The lowest BCUT2D eigenvalue weighted by molar-refractivity contribution is 0.0429. The van der Waals surface area contributed by atoms with Crippen molar-refractivity contribution in [3.8, 4) is 17.1 Å². The zero-order valence-corrected chi connectivity index (χ0v) is 14.4. The topological polar surface area (TPSA) is 87.3 Å². The molecule has 2 aromatic heterocycles. The van der Waals surface area contributed by atoms with Crippen molar-refractivity contribution in [1.82, 2.24) is 15.1 Å². The maximum Gasteiger partial charge on any atom is 0.340 e. The second kappa shape index (κ2) is 7.50. The van der Waals surface area contributed by atoms with Crippen molar-refractivity contribution >= 4 is 29.2 Å². The Hall–Kier alpha value is -2.64. The summed E-state index contributed by atoms with van der Waals surface area (Å²) in [6.07, 6.45) is 1.27. The lowest BCUT2D eigenvalue weighted by Gasteiger charge is -2.03. The van der Waals surface area contributed by atoms with E-state index >= 15 is 0 Å². The molecule has 3 aromatic rings. The van der Waals surface area contributed by atoms with Crippen molar-refractivity contribution in [2.45, 2.75) is 6.61 Å². The third-order valence-corrected chi connectivity index (χ3v) is 3.86. The van der Waals surface area contributed by atoms with Crippen molar-refractivity contribution in [2.75, 3.05) is 7.11 Å². The number of pyridine rings is 1. The highest BCUT2D eigenvalue weighted by Gasteiger charge is 2.15. The summed E-state index contributed by atoms with van der Waals surface area (Å²) in [5.74, 6) is 0.443. The fraction of sp³-hybridized carbons (Fsp3) is 0.125. The molecule has 0 bridgehead atoms. The Bertz CT molecular complexity index is 914.